The van der Waals surface area contributed by atoms with Gasteiger partial charge in [0.05, 0.1) is 19.3 Å². The lowest BCUT2D eigenvalue weighted by molar-refractivity contribution is 0.0539. The summed E-state index contributed by atoms with van der Waals surface area (Å²) in [7, 11) is 0. The Morgan fingerprint density at radius 3 is 2.75 bits per heavy atom. The Labute approximate surface area is 106 Å². The Bertz CT molecular complexity index is 342. The molecule has 0 aliphatic carbocycles. The second kappa shape index (κ2) is 7.45. The average Bonchev–Trinajstić information content (AvgIpc) is 2.29. The molecule has 1 aromatic carbocycles. The smallest absolute Gasteiger partial charge is 0.0721 e. The summed E-state index contributed by atoms with van der Waals surface area (Å²) in [6.45, 7) is 4.03. The van der Waals surface area contributed by atoms with E-state index in [4.69, 9.17) is 11.2 Å². The van der Waals surface area contributed by atoms with Gasteiger partial charge >= 0.3 is 0 Å². The molecular formula is C13H16BrNO. The summed E-state index contributed by atoms with van der Waals surface area (Å²) in [4.78, 5) is 0. The molecule has 0 amide bonds. The monoisotopic (exact) mass is 281 g/mol. The van der Waals surface area contributed by atoms with Crippen LogP contribution in [0.25, 0.3) is 0 Å². The van der Waals surface area contributed by atoms with Gasteiger partial charge in [0, 0.05) is 11.0 Å². The molecule has 0 fully saturated rings. The van der Waals surface area contributed by atoms with E-state index in [2.05, 4.69) is 27.2 Å². The van der Waals surface area contributed by atoms with Crippen LogP contribution in [0.5, 0.6) is 0 Å². The van der Waals surface area contributed by atoms with E-state index in [-0.39, 0.29) is 6.10 Å². The molecule has 0 spiro atoms. The van der Waals surface area contributed by atoms with E-state index < -0.39 is 0 Å². The summed E-state index contributed by atoms with van der Waals surface area (Å²) in [6.07, 6.45) is 5.30. The molecule has 1 N–H and O–H groups in total. The highest BCUT2D eigenvalue weighted by Gasteiger charge is 2.01. The quantitative estimate of drug-likeness (QED) is 0.639. The van der Waals surface area contributed by atoms with Gasteiger partial charge in [0.25, 0.3) is 0 Å². The summed E-state index contributed by atoms with van der Waals surface area (Å²) in [6, 6.07) is 8.12. The normalized spacial score (nSPS) is 12.1. The van der Waals surface area contributed by atoms with Gasteiger partial charge in [0.1, 0.15) is 0 Å². The third-order valence-corrected chi connectivity index (χ3v) is 2.64. The zero-order chi connectivity index (χ0) is 11.8. The summed E-state index contributed by atoms with van der Waals surface area (Å²) < 4.78 is 6.75. The van der Waals surface area contributed by atoms with E-state index in [1.807, 2.05) is 31.2 Å². The molecule has 0 heterocycles. The van der Waals surface area contributed by atoms with E-state index in [0.717, 1.165) is 11.0 Å². The highest BCUT2D eigenvalue weighted by atomic mass is 79.9. The number of terminal acetylenes is 1. The van der Waals surface area contributed by atoms with Crippen molar-refractivity contribution < 1.29 is 4.74 Å². The second-order valence-corrected chi connectivity index (χ2v) is 4.50. The van der Waals surface area contributed by atoms with Crippen molar-refractivity contribution in [2.45, 2.75) is 19.6 Å². The van der Waals surface area contributed by atoms with Gasteiger partial charge in [0.15, 0.2) is 0 Å². The Morgan fingerprint density at radius 1 is 1.44 bits per heavy atom. The molecule has 3 heteroatoms. The number of rotatable bonds is 6. The lowest BCUT2D eigenvalue weighted by Crippen LogP contribution is -2.26. The van der Waals surface area contributed by atoms with Crippen molar-refractivity contribution in [2.24, 2.45) is 0 Å². The molecular weight excluding hydrogens is 266 g/mol. The van der Waals surface area contributed by atoms with Crippen LogP contribution in [0.2, 0.25) is 0 Å². The fraction of sp³-hybridized carbons (Fsp3) is 0.385. The molecule has 16 heavy (non-hydrogen) atoms. The molecule has 0 aliphatic heterocycles. The van der Waals surface area contributed by atoms with Crippen LogP contribution in [0.4, 0.5) is 0 Å². The van der Waals surface area contributed by atoms with Crippen LogP contribution >= 0.6 is 15.9 Å². The van der Waals surface area contributed by atoms with Gasteiger partial charge in [-0.25, -0.2) is 0 Å². The maximum Gasteiger partial charge on any atom is 0.0721 e. The SMILES string of the molecule is C#CCNCC(C)OCc1ccc(Br)cc1. The van der Waals surface area contributed by atoms with Crippen molar-refractivity contribution in [3.8, 4) is 12.3 Å². The molecule has 0 saturated heterocycles. The minimum absolute atomic E-state index is 0.164. The van der Waals surface area contributed by atoms with Crippen molar-refractivity contribution >= 4 is 15.9 Å². The largest absolute Gasteiger partial charge is 0.373 e. The van der Waals surface area contributed by atoms with Crippen molar-refractivity contribution in [1.29, 1.82) is 0 Å². The van der Waals surface area contributed by atoms with Crippen molar-refractivity contribution in [1.82, 2.24) is 5.32 Å². The van der Waals surface area contributed by atoms with Crippen LogP contribution in [0.3, 0.4) is 0 Å². The Balaban J connectivity index is 2.23. The number of nitrogens with one attached hydrogen (secondary N) is 1. The lowest BCUT2D eigenvalue weighted by Gasteiger charge is -2.13. The van der Waals surface area contributed by atoms with Gasteiger partial charge in [-0.2, -0.15) is 0 Å². The molecule has 0 aliphatic rings. The molecule has 1 rings (SSSR count). The van der Waals surface area contributed by atoms with Crippen LogP contribution in [-0.2, 0) is 11.3 Å². The van der Waals surface area contributed by atoms with Gasteiger partial charge < -0.3 is 10.1 Å². The molecule has 0 radical (unpaired) electrons. The fourth-order valence-electron chi connectivity index (χ4n) is 1.23. The molecule has 1 aromatic rings. The highest BCUT2D eigenvalue weighted by molar-refractivity contribution is 9.10. The first-order valence-electron chi connectivity index (χ1n) is 5.22. The molecule has 1 atom stereocenters. The number of ether oxygens (including phenoxy) is 1. The third kappa shape index (κ3) is 5.32. The Hall–Kier alpha value is -0.820. The van der Waals surface area contributed by atoms with Gasteiger partial charge in [0.2, 0.25) is 0 Å². The summed E-state index contributed by atoms with van der Waals surface area (Å²) in [5, 5.41) is 3.11. The van der Waals surface area contributed by atoms with E-state index in [1.165, 1.54) is 5.56 Å². The second-order valence-electron chi connectivity index (χ2n) is 3.58. The van der Waals surface area contributed by atoms with Gasteiger partial charge in [-0.3, -0.25) is 0 Å². The molecule has 2 nitrogen and oxygen atoms in total. The zero-order valence-electron chi connectivity index (χ0n) is 9.37. The van der Waals surface area contributed by atoms with Crippen LogP contribution in [0.1, 0.15) is 12.5 Å². The fourth-order valence-corrected chi connectivity index (χ4v) is 1.49. The first-order valence-corrected chi connectivity index (χ1v) is 6.02. The zero-order valence-corrected chi connectivity index (χ0v) is 11.0. The average molecular weight is 282 g/mol. The van der Waals surface area contributed by atoms with E-state index in [0.29, 0.717) is 13.2 Å². The highest BCUT2D eigenvalue weighted by Crippen LogP contribution is 2.11. The summed E-state index contributed by atoms with van der Waals surface area (Å²) >= 11 is 3.40. The number of benzene rings is 1. The van der Waals surface area contributed by atoms with Crippen molar-refractivity contribution in [2.75, 3.05) is 13.1 Å². The lowest BCUT2D eigenvalue weighted by atomic mass is 10.2. The van der Waals surface area contributed by atoms with Crippen LogP contribution in [0, 0.1) is 12.3 Å². The number of hydrogen-bond acceptors (Lipinski definition) is 2. The van der Waals surface area contributed by atoms with E-state index in [9.17, 15) is 0 Å². The number of hydrogen-bond donors (Lipinski definition) is 1. The van der Waals surface area contributed by atoms with Crippen LogP contribution in [-0.4, -0.2) is 19.2 Å². The first kappa shape index (κ1) is 13.2. The molecule has 0 saturated carbocycles. The molecule has 86 valence electrons. The molecule has 0 aromatic heterocycles. The molecule has 1 unspecified atom stereocenters. The van der Waals surface area contributed by atoms with E-state index in [1.54, 1.807) is 0 Å². The molecule has 0 bridgehead atoms. The third-order valence-electron chi connectivity index (χ3n) is 2.11. The first-order chi connectivity index (χ1) is 7.72. The standard InChI is InChI=1S/C13H16BrNO/c1-3-8-15-9-11(2)16-10-12-4-6-13(14)7-5-12/h1,4-7,11,15H,8-10H2,2H3. The Morgan fingerprint density at radius 2 is 2.12 bits per heavy atom. The van der Waals surface area contributed by atoms with Gasteiger partial charge in [-0.15, -0.1) is 6.42 Å². The van der Waals surface area contributed by atoms with Crippen molar-refractivity contribution in [3.63, 3.8) is 0 Å². The van der Waals surface area contributed by atoms with Crippen LogP contribution in [0.15, 0.2) is 28.7 Å². The van der Waals surface area contributed by atoms with Crippen LogP contribution < -0.4 is 5.32 Å². The summed E-state index contributed by atoms with van der Waals surface area (Å²) in [5.41, 5.74) is 1.17. The Kier molecular flexibility index (Phi) is 6.17. The topological polar surface area (TPSA) is 21.3 Å². The minimum atomic E-state index is 0.164. The van der Waals surface area contributed by atoms with Gasteiger partial charge in [-0.1, -0.05) is 34.0 Å². The minimum Gasteiger partial charge on any atom is -0.373 e. The van der Waals surface area contributed by atoms with E-state index >= 15 is 0 Å². The van der Waals surface area contributed by atoms with Crippen molar-refractivity contribution in [3.05, 3.63) is 34.3 Å². The predicted molar refractivity (Wildman–Crippen MR) is 70.1 cm³/mol. The number of halogens is 1. The van der Waals surface area contributed by atoms with Gasteiger partial charge in [-0.05, 0) is 24.6 Å². The predicted octanol–water partition coefficient (Wildman–Crippen LogP) is 2.58. The summed E-state index contributed by atoms with van der Waals surface area (Å²) in [5.74, 6) is 2.53. The maximum absolute atomic E-state index is 5.67. The maximum atomic E-state index is 5.67.